The number of hydrogen-bond donors (Lipinski definition) is 1. The van der Waals surface area contributed by atoms with Crippen LogP contribution in [0.25, 0.3) is 0 Å². The summed E-state index contributed by atoms with van der Waals surface area (Å²) in [5.41, 5.74) is 0.833. The first kappa shape index (κ1) is 12.2. The molecule has 2 nitrogen and oxygen atoms in total. The van der Waals surface area contributed by atoms with Gasteiger partial charge in [0.05, 0.1) is 7.11 Å². The minimum absolute atomic E-state index is 0. The van der Waals surface area contributed by atoms with Crippen LogP contribution in [0, 0.1) is 5.82 Å². The molecule has 4 heteroatoms. The molecule has 0 spiro atoms. The van der Waals surface area contributed by atoms with Gasteiger partial charge in [-0.15, -0.1) is 12.4 Å². The summed E-state index contributed by atoms with van der Waals surface area (Å²) in [6, 6.07) is 4.89. The van der Waals surface area contributed by atoms with Crippen molar-refractivity contribution in [2.75, 3.05) is 14.2 Å². The fourth-order valence-corrected chi connectivity index (χ4v) is 1.11. The second kappa shape index (κ2) is 5.78. The molecule has 0 aromatic heterocycles. The average Bonchev–Trinajstić information content (AvgIpc) is 2.05. The van der Waals surface area contributed by atoms with E-state index in [1.807, 2.05) is 13.1 Å². The topological polar surface area (TPSA) is 21.3 Å². The van der Waals surface area contributed by atoms with E-state index in [4.69, 9.17) is 4.74 Å². The molecule has 0 heterocycles. The summed E-state index contributed by atoms with van der Waals surface area (Å²) in [6.45, 7) is 0.612. The highest BCUT2D eigenvalue weighted by atomic mass is 35.5. The van der Waals surface area contributed by atoms with Crippen molar-refractivity contribution in [1.29, 1.82) is 0 Å². The Morgan fingerprint density at radius 1 is 1.46 bits per heavy atom. The van der Waals surface area contributed by atoms with Gasteiger partial charge in [-0.25, -0.2) is 4.39 Å². The summed E-state index contributed by atoms with van der Waals surface area (Å²) in [5.74, 6) is 0.0112. The number of benzene rings is 1. The normalized spacial score (nSPS) is 9.15. The summed E-state index contributed by atoms with van der Waals surface area (Å²) in [7, 11) is 3.28. The number of halogens is 2. The molecule has 1 aromatic rings. The number of methoxy groups -OCH3 is 1. The SMILES string of the molecule is CNCc1cccc(F)c1OC.Cl. The van der Waals surface area contributed by atoms with E-state index < -0.39 is 0 Å². The Balaban J connectivity index is 0.00000144. The molecule has 1 rings (SSSR count). The van der Waals surface area contributed by atoms with Gasteiger partial charge in [0.25, 0.3) is 0 Å². The Hall–Kier alpha value is -0.800. The molecule has 0 atom stereocenters. The molecule has 0 saturated heterocycles. The van der Waals surface area contributed by atoms with E-state index in [9.17, 15) is 4.39 Å². The van der Waals surface area contributed by atoms with E-state index in [1.54, 1.807) is 6.07 Å². The zero-order valence-electron chi connectivity index (χ0n) is 7.63. The van der Waals surface area contributed by atoms with Gasteiger partial charge in [0.2, 0.25) is 0 Å². The fourth-order valence-electron chi connectivity index (χ4n) is 1.11. The van der Waals surface area contributed by atoms with E-state index in [1.165, 1.54) is 13.2 Å². The van der Waals surface area contributed by atoms with E-state index in [0.29, 0.717) is 12.3 Å². The van der Waals surface area contributed by atoms with E-state index in [2.05, 4.69) is 5.32 Å². The Morgan fingerprint density at radius 2 is 2.15 bits per heavy atom. The Bertz CT molecular complexity index is 268. The smallest absolute Gasteiger partial charge is 0.165 e. The quantitative estimate of drug-likeness (QED) is 0.815. The first-order valence-corrected chi connectivity index (χ1v) is 3.75. The predicted molar refractivity (Wildman–Crippen MR) is 53.0 cm³/mol. The van der Waals surface area contributed by atoms with Gasteiger partial charge in [0.15, 0.2) is 11.6 Å². The summed E-state index contributed by atoms with van der Waals surface area (Å²) in [6.07, 6.45) is 0. The van der Waals surface area contributed by atoms with Gasteiger partial charge in [-0.1, -0.05) is 12.1 Å². The maximum Gasteiger partial charge on any atom is 0.165 e. The maximum absolute atomic E-state index is 13.0. The monoisotopic (exact) mass is 205 g/mol. The Morgan fingerprint density at radius 3 is 2.69 bits per heavy atom. The average molecular weight is 206 g/mol. The minimum atomic E-state index is -0.315. The molecule has 0 radical (unpaired) electrons. The van der Waals surface area contributed by atoms with Gasteiger partial charge < -0.3 is 10.1 Å². The summed E-state index contributed by atoms with van der Waals surface area (Å²) >= 11 is 0. The molecule has 0 unspecified atom stereocenters. The van der Waals surface area contributed by atoms with Crippen molar-refractivity contribution < 1.29 is 9.13 Å². The molecular weight excluding hydrogens is 193 g/mol. The molecule has 0 aliphatic heterocycles. The van der Waals surface area contributed by atoms with Crippen LogP contribution >= 0.6 is 12.4 Å². The van der Waals surface area contributed by atoms with Crippen LogP contribution in [0.4, 0.5) is 4.39 Å². The zero-order chi connectivity index (χ0) is 8.97. The molecule has 0 saturated carbocycles. The van der Waals surface area contributed by atoms with Gasteiger partial charge in [-0.05, 0) is 13.1 Å². The highest BCUT2D eigenvalue weighted by Crippen LogP contribution is 2.21. The standard InChI is InChI=1S/C9H12FNO.ClH/c1-11-6-7-4-3-5-8(10)9(7)12-2;/h3-5,11H,6H2,1-2H3;1H. The molecule has 0 fully saturated rings. The molecule has 0 bridgehead atoms. The van der Waals surface area contributed by atoms with Crippen molar-refractivity contribution in [2.24, 2.45) is 0 Å². The molecule has 74 valence electrons. The third-order valence-corrected chi connectivity index (χ3v) is 1.62. The van der Waals surface area contributed by atoms with Crippen LogP contribution in [-0.4, -0.2) is 14.2 Å². The van der Waals surface area contributed by atoms with Crippen LogP contribution in [0.1, 0.15) is 5.56 Å². The van der Waals surface area contributed by atoms with Gasteiger partial charge in [-0.2, -0.15) is 0 Å². The second-order valence-electron chi connectivity index (χ2n) is 2.46. The van der Waals surface area contributed by atoms with Crippen LogP contribution in [0.5, 0.6) is 5.75 Å². The van der Waals surface area contributed by atoms with Crippen molar-refractivity contribution in [3.63, 3.8) is 0 Å². The highest BCUT2D eigenvalue weighted by Gasteiger charge is 2.06. The van der Waals surface area contributed by atoms with Crippen molar-refractivity contribution >= 4 is 12.4 Å². The largest absolute Gasteiger partial charge is 0.493 e. The van der Waals surface area contributed by atoms with E-state index >= 15 is 0 Å². The lowest BCUT2D eigenvalue weighted by Gasteiger charge is -2.07. The lowest BCUT2D eigenvalue weighted by Crippen LogP contribution is -2.07. The number of para-hydroxylation sites is 1. The molecule has 1 N–H and O–H groups in total. The molecule has 0 aliphatic rings. The molecule has 0 amide bonds. The number of hydrogen-bond acceptors (Lipinski definition) is 2. The fraction of sp³-hybridized carbons (Fsp3) is 0.333. The lowest BCUT2D eigenvalue weighted by atomic mass is 10.2. The van der Waals surface area contributed by atoms with Crippen molar-refractivity contribution in [3.8, 4) is 5.75 Å². The molecule has 0 aliphatic carbocycles. The zero-order valence-corrected chi connectivity index (χ0v) is 8.45. The van der Waals surface area contributed by atoms with Gasteiger partial charge in [-0.3, -0.25) is 0 Å². The second-order valence-corrected chi connectivity index (χ2v) is 2.46. The Kier molecular flexibility index (Phi) is 5.42. The van der Waals surface area contributed by atoms with Crippen LogP contribution in [0.3, 0.4) is 0 Å². The van der Waals surface area contributed by atoms with Crippen molar-refractivity contribution in [3.05, 3.63) is 29.6 Å². The Labute approximate surface area is 83.5 Å². The summed E-state index contributed by atoms with van der Waals surface area (Å²) in [5, 5.41) is 2.94. The minimum Gasteiger partial charge on any atom is -0.493 e. The van der Waals surface area contributed by atoms with Gasteiger partial charge >= 0.3 is 0 Å². The number of nitrogens with one attached hydrogen (secondary N) is 1. The van der Waals surface area contributed by atoms with Crippen LogP contribution in [-0.2, 0) is 6.54 Å². The highest BCUT2D eigenvalue weighted by molar-refractivity contribution is 5.85. The van der Waals surface area contributed by atoms with Crippen LogP contribution in [0.15, 0.2) is 18.2 Å². The first-order valence-electron chi connectivity index (χ1n) is 3.75. The number of ether oxygens (including phenoxy) is 1. The predicted octanol–water partition coefficient (Wildman–Crippen LogP) is 1.98. The lowest BCUT2D eigenvalue weighted by molar-refractivity contribution is 0.380. The first-order chi connectivity index (χ1) is 5.79. The number of rotatable bonds is 3. The molecule has 13 heavy (non-hydrogen) atoms. The third kappa shape index (κ3) is 2.86. The van der Waals surface area contributed by atoms with Crippen LogP contribution in [0.2, 0.25) is 0 Å². The van der Waals surface area contributed by atoms with Gasteiger partial charge in [0.1, 0.15) is 0 Å². The van der Waals surface area contributed by atoms with E-state index in [0.717, 1.165) is 5.56 Å². The van der Waals surface area contributed by atoms with Crippen molar-refractivity contribution in [2.45, 2.75) is 6.54 Å². The maximum atomic E-state index is 13.0. The van der Waals surface area contributed by atoms with Gasteiger partial charge in [0, 0.05) is 12.1 Å². The third-order valence-electron chi connectivity index (χ3n) is 1.62. The van der Waals surface area contributed by atoms with Crippen LogP contribution < -0.4 is 10.1 Å². The molecular formula is C9H13ClFNO. The summed E-state index contributed by atoms with van der Waals surface area (Å²) in [4.78, 5) is 0. The van der Waals surface area contributed by atoms with E-state index in [-0.39, 0.29) is 18.2 Å². The summed E-state index contributed by atoms with van der Waals surface area (Å²) < 4.78 is 17.9. The molecule has 1 aromatic carbocycles. The van der Waals surface area contributed by atoms with Crippen molar-refractivity contribution in [1.82, 2.24) is 5.32 Å².